The summed E-state index contributed by atoms with van der Waals surface area (Å²) in [5.41, 5.74) is 6.14. The first-order valence-electron chi connectivity index (χ1n) is 12.4. The van der Waals surface area contributed by atoms with E-state index in [1.54, 1.807) is 60.7 Å². The van der Waals surface area contributed by atoms with Crippen molar-refractivity contribution in [3.63, 3.8) is 0 Å². The van der Waals surface area contributed by atoms with E-state index in [1.807, 2.05) is 0 Å². The molecule has 0 amide bonds. The van der Waals surface area contributed by atoms with Crippen LogP contribution in [0.4, 0.5) is 0 Å². The number of rotatable bonds is 4. The second-order valence-corrected chi connectivity index (χ2v) is 9.09. The van der Waals surface area contributed by atoms with Crippen molar-refractivity contribution in [1.29, 1.82) is 31.6 Å². The minimum absolute atomic E-state index is 0.00687. The summed E-state index contributed by atoms with van der Waals surface area (Å²) in [6.45, 7) is 0. The number of ether oxygens (including phenoxy) is 2. The average Bonchev–Trinajstić information content (AvgIpc) is 3.54. The van der Waals surface area contributed by atoms with Crippen LogP contribution in [0.3, 0.4) is 0 Å². The summed E-state index contributed by atoms with van der Waals surface area (Å²) in [4.78, 5) is 0. The van der Waals surface area contributed by atoms with Gasteiger partial charge in [0.25, 0.3) is 0 Å². The molecule has 0 atom stereocenters. The van der Waals surface area contributed by atoms with Gasteiger partial charge in [0.1, 0.15) is 24.3 Å². The lowest BCUT2D eigenvalue weighted by atomic mass is 9.90. The van der Waals surface area contributed by atoms with Crippen molar-refractivity contribution >= 4 is 33.4 Å². The van der Waals surface area contributed by atoms with Crippen LogP contribution in [0.15, 0.2) is 72.2 Å². The quantitative estimate of drug-likeness (QED) is 0.284. The van der Waals surface area contributed by atoms with E-state index >= 15 is 0 Å². The Bertz CT molecular complexity index is 1970. The maximum Gasteiger partial charge on any atom is 0.205 e. The van der Waals surface area contributed by atoms with Gasteiger partial charge in [-0.2, -0.15) is 31.6 Å². The summed E-state index contributed by atoms with van der Waals surface area (Å²) in [6, 6.07) is 29.6. The lowest BCUT2D eigenvalue weighted by molar-refractivity contribution is 0.312. The third kappa shape index (κ3) is 3.95. The first kappa shape index (κ1) is 26.8. The molecule has 2 aliphatic carbocycles. The van der Waals surface area contributed by atoms with E-state index in [4.69, 9.17) is 9.47 Å². The Kier molecular flexibility index (Phi) is 6.84. The largest absolute Gasteiger partial charge is 0.487 e. The molecule has 0 aromatic heterocycles. The smallest absolute Gasteiger partial charge is 0.205 e. The van der Waals surface area contributed by atoms with E-state index < -0.39 is 0 Å². The van der Waals surface area contributed by atoms with Crippen LogP contribution in [0.5, 0.6) is 0 Å². The average molecular weight is 541 g/mol. The molecule has 8 nitrogen and oxygen atoms in total. The maximum absolute atomic E-state index is 10.3. The zero-order chi connectivity index (χ0) is 30.0. The summed E-state index contributed by atoms with van der Waals surface area (Å²) < 4.78 is 10.8. The molecule has 0 bridgehead atoms. The number of hydrogen-bond acceptors (Lipinski definition) is 8. The first-order valence-corrected chi connectivity index (χ1v) is 12.4. The van der Waals surface area contributed by atoms with Crippen LogP contribution in [0, 0.1) is 68.0 Å². The van der Waals surface area contributed by atoms with Gasteiger partial charge >= 0.3 is 0 Å². The summed E-state index contributed by atoms with van der Waals surface area (Å²) in [7, 11) is 2.74. The number of fused-ring (bicyclic) bond motifs is 2. The molecule has 42 heavy (non-hydrogen) atoms. The SMILES string of the molecule is CO/C(C#N)=C1\C(c2cccc(C3=C(C#N)c4cc(C#N)ccc4/C3=C(\C#N)OC)c2)=C(C#N)c2cc(C#N)ccc21. The molecule has 0 saturated heterocycles. The molecule has 3 aromatic carbocycles. The van der Waals surface area contributed by atoms with Crippen molar-refractivity contribution in [3.05, 3.63) is 117 Å². The Morgan fingerprint density at radius 1 is 0.524 bits per heavy atom. The monoisotopic (exact) mass is 540 g/mol. The Balaban J connectivity index is 1.84. The molecule has 2 aliphatic rings. The van der Waals surface area contributed by atoms with Crippen molar-refractivity contribution in [2.75, 3.05) is 14.2 Å². The van der Waals surface area contributed by atoms with Crippen LogP contribution in [0.25, 0.3) is 33.4 Å². The minimum atomic E-state index is -0.00687. The van der Waals surface area contributed by atoms with Crippen LogP contribution >= 0.6 is 0 Å². The van der Waals surface area contributed by atoms with Gasteiger partial charge in [0, 0.05) is 33.4 Å². The molecule has 5 rings (SSSR count). The van der Waals surface area contributed by atoms with Crippen molar-refractivity contribution in [2.24, 2.45) is 0 Å². The highest BCUT2D eigenvalue weighted by Gasteiger charge is 2.34. The molecule has 8 heteroatoms. The molecule has 194 valence electrons. The predicted octanol–water partition coefficient (Wildman–Crippen LogP) is 6.09. The fourth-order valence-corrected chi connectivity index (χ4v) is 5.38. The summed E-state index contributed by atoms with van der Waals surface area (Å²) >= 11 is 0. The van der Waals surface area contributed by atoms with Crippen LogP contribution in [0.1, 0.15) is 44.5 Å². The highest BCUT2D eigenvalue weighted by atomic mass is 16.5. The zero-order valence-corrected chi connectivity index (χ0v) is 22.3. The van der Waals surface area contributed by atoms with Crippen LogP contribution in [-0.4, -0.2) is 14.2 Å². The molecular formula is C34H16N6O2. The van der Waals surface area contributed by atoms with E-state index in [2.05, 4.69) is 36.4 Å². The van der Waals surface area contributed by atoms with E-state index in [9.17, 15) is 31.6 Å². The molecule has 0 unspecified atom stereocenters. The molecular weight excluding hydrogens is 524 g/mol. The van der Waals surface area contributed by atoms with Crippen LogP contribution < -0.4 is 0 Å². The summed E-state index contributed by atoms with van der Waals surface area (Å²) in [5, 5.41) is 59.4. The molecule has 0 N–H and O–H groups in total. The second-order valence-electron chi connectivity index (χ2n) is 9.09. The van der Waals surface area contributed by atoms with Gasteiger partial charge in [-0.1, -0.05) is 30.3 Å². The van der Waals surface area contributed by atoms with Crippen molar-refractivity contribution in [3.8, 4) is 36.4 Å². The molecule has 0 fully saturated rings. The van der Waals surface area contributed by atoms with Gasteiger partial charge in [-0.25, -0.2) is 0 Å². The topological polar surface area (TPSA) is 161 Å². The standard InChI is InChI=1S/C34H16N6O2/c1-41-29(17-39)33-23-8-6-19(13-35)10-25(23)27(15-37)31(33)21-4-3-5-22(12-21)32-28(16-38)26-11-20(14-36)7-9-24(26)34(32)30(18-40)42-2/h3-12H,1-2H3/b33-29-,34-30-. The van der Waals surface area contributed by atoms with Crippen molar-refractivity contribution in [1.82, 2.24) is 0 Å². The number of methoxy groups -OCH3 is 2. The van der Waals surface area contributed by atoms with Gasteiger partial charge in [0.15, 0.2) is 0 Å². The van der Waals surface area contributed by atoms with Crippen LogP contribution in [0.2, 0.25) is 0 Å². The van der Waals surface area contributed by atoms with Gasteiger partial charge in [0.05, 0.1) is 48.6 Å². The normalized spacial score (nSPS) is 15.1. The molecule has 0 aliphatic heterocycles. The number of allylic oxidation sites excluding steroid dienone is 8. The van der Waals surface area contributed by atoms with Gasteiger partial charge in [-0.15, -0.1) is 0 Å². The first-order chi connectivity index (χ1) is 20.5. The van der Waals surface area contributed by atoms with Gasteiger partial charge in [0.2, 0.25) is 11.5 Å². The molecule has 0 spiro atoms. The predicted molar refractivity (Wildman–Crippen MR) is 153 cm³/mol. The van der Waals surface area contributed by atoms with Crippen molar-refractivity contribution < 1.29 is 9.47 Å². The lowest BCUT2D eigenvalue weighted by Crippen LogP contribution is -1.97. The summed E-state index contributed by atoms with van der Waals surface area (Å²) in [5.74, 6) is -0.0137. The number of nitriles is 6. The number of benzene rings is 3. The number of nitrogens with zero attached hydrogens (tertiary/aromatic N) is 6. The molecule has 0 heterocycles. The Morgan fingerprint density at radius 3 is 1.29 bits per heavy atom. The van der Waals surface area contributed by atoms with E-state index in [0.717, 1.165) is 0 Å². The van der Waals surface area contributed by atoms with E-state index in [1.165, 1.54) is 14.2 Å². The zero-order valence-electron chi connectivity index (χ0n) is 22.3. The van der Waals surface area contributed by atoms with E-state index in [-0.39, 0.29) is 22.7 Å². The minimum Gasteiger partial charge on any atom is -0.487 e. The Morgan fingerprint density at radius 2 is 0.952 bits per heavy atom. The highest BCUT2D eigenvalue weighted by molar-refractivity contribution is 6.27. The van der Waals surface area contributed by atoms with Gasteiger partial charge in [-0.05, 0) is 52.6 Å². The highest BCUT2D eigenvalue weighted by Crippen LogP contribution is 2.51. The molecule has 0 saturated carbocycles. The van der Waals surface area contributed by atoms with Gasteiger partial charge in [-0.3, -0.25) is 0 Å². The van der Waals surface area contributed by atoms with Crippen LogP contribution in [-0.2, 0) is 9.47 Å². The molecule has 0 radical (unpaired) electrons. The molecule has 3 aromatic rings. The van der Waals surface area contributed by atoms with Crippen molar-refractivity contribution in [2.45, 2.75) is 0 Å². The summed E-state index contributed by atoms with van der Waals surface area (Å²) in [6.07, 6.45) is 0. The lowest BCUT2D eigenvalue weighted by Gasteiger charge is -2.14. The Hall–Kier alpha value is -6.84. The maximum atomic E-state index is 10.3. The van der Waals surface area contributed by atoms with Gasteiger partial charge < -0.3 is 9.47 Å². The third-order valence-corrected chi connectivity index (χ3v) is 7.10. The Labute approximate surface area is 241 Å². The second kappa shape index (κ2) is 10.7. The van der Waals surface area contributed by atoms with E-state index in [0.29, 0.717) is 66.8 Å². The third-order valence-electron chi connectivity index (χ3n) is 7.10. The fourth-order valence-electron chi connectivity index (χ4n) is 5.38. The fraction of sp³-hybridized carbons (Fsp3) is 0.0588. The number of hydrogen-bond donors (Lipinski definition) is 0.